The minimum absolute atomic E-state index is 0.170. The molecular formula is C10H17NO. The monoisotopic (exact) mass is 167 g/mol. The Morgan fingerprint density at radius 1 is 1.58 bits per heavy atom. The van der Waals surface area contributed by atoms with Crippen molar-refractivity contribution >= 4 is 0 Å². The highest BCUT2D eigenvalue weighted by atomic mass is 16.3. The molecule has 1 fully saturated rings. The van der Waals surface area contributed by atoms with Gasteiger partial charge in [0, 0.05) is 24.9 Å². The van der Waals surface area contributed by atoms with Crippen molar-refractivity contribution in [1.82, 2.24) is 4.90 Å². The molecular weight excluding hydrogens is 150 g/mol. The van der Waals surface area contributed by atoms with Gasteiger partial charge in [-0.1, -0.05) is 12.8 Å². The van der Waals surface area contributed by atoms with E-state index < -0.39 is 5.60 Å². The molecule has 1 aliphatic rings. The first-order valence-corrected chi connectivity index (χ1v) is 4.40. The van der Waals surface area contributed by atoms with Crippen LogP contribution in [0.1, 0.15) is 20.3 Å². The van der Waals surface area contributed by atoms with Crippen molar-refractivity contribution < 1.29 is 5.11 Å². The number of likely N-dealkylation sites (tertiary alicyclic amines) is 1. The van der Waals surface area contributed by atoms with Gasteiger partial charge in [-0.2, -0.15) is 0 Å². The molecule has 1 N–H and O–H groups in total. The van der Waals surface area contributed by atoms with Gasteiger partial charge in [-0.15, -0.1) is 6.42 Å². The van der Waals surface area contributed by atoms with E-state index in [1.54, 1.807) is 0 Å². The highest BCUT2D eigenvalue weighted by Gasteiger charge is 2.39. The van der Waals surface area contributed by atoms with Crippen LogP contribution in [-0.2, 0) is 0 Å². The van der Waals surface area contributed by atoms with Gasteiger partial charge in [-0.25, -0.2) is 0 Å². The Hall–Kier alpha value is -0.520. The van der Waals surface area contributed by atoms with Gasteiger partial charge in [-0.05, 0) is 14.0 Å². The number of nitrogens with zero attached hydrogens (tertiary/aromatic N) is 1. The molecule has 1 rings (SSSR count). The van der Waals surface area contributed by atoms with Crippen LogP contribution >= 0.6 is 0 Å². The lowest BCUT2D eigenvalue weighted by atomic mass is 9.80. The number of hydrogen-bond donors (Lipinski definition) is 1. The summed E-state index contributed by atoms with van der Waals surface area (Å²) in [6.45, 7) is 4.97. The molecule has 1 saturated heterocycles. The molecule has 0 radical (unpaired) electrons. The summed E-state index contributed by atoms with van der Waals surface area (Å²) in [5.41, 5.74) is -0.883. The van der Waals surface area contributed by atoms with Gasteiger partial charge in [0.2, 0.25) is 0 Å². The fourth-order valence-electron chi connectivity index (χ4n) is 1.77. The average Bonchev–Trinajstić information content (AvgIpc) is 2.01. The van der Waals surface area contributed by atoms with Gasteiger partial charge < -0.3 is 10.0 Å². The first-order chi connectivity index (χ1) is 5.49. The number of piperidine rings is 1. The lowest BCUT2D eigenvalue weighted by Gasteiger charge is -2.42. The summed E-state index contributed by atoms with van der Waals surface area (Å²) in [5, 5.41) is 9.97. The number of hydrogen-bond acceptors (Lipinski definition) is 2. The molecule has 0 bridgehead atoms. The summed E-state index contributed by atoms with van der Waals surface area (Å²) in [6, 6.07) is 0.377. The summed E-state index contributed by atoms with van der Waals surface area (Å²) < 4.78 is 0. The Morgan fingerprint density at radius 2 is 2.17 bits per heavy atom. The topological polar surface area (TPSA) is 23.5 Å². The van der Waals surface area contributed by atoms with E-state index >= 15 is 0 Å². The summed E-state index contributed by atoms with van der Waals surface area (Å²) in [5.74, 6) is 2.68. The van der Waals surface area contributed by atoms with E-state index in [0.717, 1.165) is 6.54 Å². The minimum Gasteiger partial charge on any atom is -0.377 e. The molecule has 0 aliphatic carbocycles. The van der Waals surface area contributed by atoms with Gasteiger partial charge in [0.15, 0.2) is 0 Å². The van der Waals surface area contributed by atoms with Crippen LogP contribution in [0.5, 0.6) is 0 Å². The Bertz CT molecular complexity index is 208. The zero-order chi connectivity index (χ0) is 9.35. The quantitative estimate of drug-likeness (QED) is 0.537. The van der Waals surface area contributed by atoms with Gasteiger partial charge in [-0.3, -0.25) is 0 Å². The molecule has 68 valence electrons. The Kier molecular flexibility index (Phi) is 2.46. The summed E-state index contributed by atoms with van der Waals surface area (Å²) in [6.07, 6.45) is 6.00. The van der Waals surface area contributed by atoms with Gasteiger partial charge in [0.05, 0.1) is 0 Å². The van der Waals surface area contributed by atoms with E-state index in [1.807, 2.05) is 6.92 Å². The average molecular weight is 167 g/mol. The standard InChI is InChI=1S/C10H17NO/c1-5-10(12)6-9(3)11(4)7-8(10)2/h1,8-9,12H,6-7H2,2-4H3/t8-,9+,10-/m0/s1. The Balaban J connectivity index is 2.76. The smallest absolute Gasteiger partial charge is 0.130 e. The molecule has 0 saturated carbocycles. The van der Waals surface area contributed by atoms with E-state index in [0.29, 0.717) is 12.5 Å². The molecule has 0 aromatic rings. The number of terminal acetylenes is 1. The van der Waals surface area contributed by atoms with E-state index in [-0.39, 0.29) is 5.92 Å². The summed E-state index contributed by atoms with van der Waals surface area (Å²) in [4.78, 5) is 2.23. The number of aliphatic hydroxyl groups is 1. The molecule has 0 aromatic heterocycles. The third-order valence-corrected chi connectivity index (χ3v) is 2.99. The van der Waals surface area contributed by atoms with Crippen molar-refractivity contribution in [2.45, 2.75) is 31.9 Å². The first-order valence-electron chi connectivity index (χ1n) is 4.40. The van der Waals surface area contributed by atoms with E-state index in [1.165, 1.54) is 0 Å². The van der Waals surface area contributed by atoms with Crippen molar-refractivity contribution in [2.75, 3.05) is 13.6 Å². The van der Waals surface area contributed by atoms with Crippen molar-refractivity contribution in [3.63, 3.8) is 0 Å². The third kappa shape index (κ3) is 1.48. The Labute approximate surface area is 74.6 Å². The predicted octanol–water partition coefficient (Wildman–Crippen LogP) is 0.711. The second-order valence-electron chi connectivity index (χ2n) is 3.96. The van der Waals surface area contributed by atoms with Crippen LogP contribution in [0.4, 0.5) is 0 Å². The van der Waals surface area contributed by atoms with Crippen LogP contribution in [0.2, 0.25) is 0 Å². The summed E-state index contributed by atoms with van der Waals surface area (Å²) in [7, 11) is 2.07. The van der Waals surface area contributed by atoms with E-state index in [2.05, 4.69) is 24.8 Å². The number of rotatable bonds is 0. The first kappa shape index (κ1) is 9.57. The second kappa shape index (κ2) is 3.08. The van der Waals surface area contributed by atoms with Crippen LogP contribution in [0.3, 0.4) is 0 Å². The second-order valence-corrected chi connectivity index (χ2v) is 3.96. The zero-order valence-electron chi connectivity index (χ0n) is 8.04. The summed E-state index contributed by atoms with van der Waals surface area (Å²) >= 11 is 0. The van der Waals surface area contributed by atoms with Crippen LogP contribution in [0.15, 0.2) is 0 Å². The molecule has 1 heterocycles. The molecule has 1 aliphatic heterocycles. The van der Waals surface area contributed by atoms with E-state index in [9.17, 15) is 5.11 Å². The highest BCUT2D eigenvalue weighted by Crippen LogP contribution is 2.29. The van der Waals surface area contributed by atoms with Crippen molar-refractivity contribution in [1.29, 1.82) is 0 Å². The van der Waals surface area contributed by atoms with Gasteiger partial charge >= 0.3 is 0 Å². The van der Waals surface area contributed by atoms with Gasteiger partial charge in [0.1, 0.15) is 5.60 Å². The maximum absolute atomic E-state index is 9.97. The molecule has 0 aromatic carbocycles. The van der Waals surface area contributed by atoms with Crippen molar-refractivity contribution in [2.24, 2.45) is 5.92 Å². The molecule has 2 nitrogen and oxygen atoms in total. The van der Waals surface area contributed by atoms with Crippen LogP contribution in [-0.4, -0.2) is 35.2 Å². The van der Waals surface area contributed by atoms with Crippen molar-refractivity contribution in [3.8, 4) is 12.3 Å². The van der Waals surface area contributed by atoms with E-state index in [4.69, 9.17) is 6.42 Å². The predicted molar refractivity (Wildman–Crippen MR) is 49.7 cm³/mol. The SMILES string of the molecule is C#C[C@]1(O)C[C@@H](C)N(C)C[C@@H]1C. The lowest BCUT2D eigenvalue weighted by Crippen LogP contribution is -2.52. The Morgan fingerprint density at radius 3 is 2.67 bits per heavy atom. The molecule has 0 amide bonds. The van der Waals surface area contributed by atoms with Crippen LogP contribution in [0.25, 0.3) is 0 Å². The molecule has 0 spiro atoms. The zero-order valence-corrected chi connectivity index (χ0v) is 8.04. The lowest BCUT2D eigenvalue weighted by molar-refractivity contribution is -0.0345. The molecule has 3 atom stereocenters. The maximum Gasteiger partial charge on any atom is 0.130 e. The minimum atomic E-state index is -0.883. The van der Waals surface area contributed by atoms with Gasteiger partial charge in [0.25, 0.3) is 0 Å². The van der Waals surface area contributed by atoms with Crippen LogP contribution in [0, 0.1) is 18.3 Å². The fraction of sp³-hybridized carbons (Fsp3) is 0.800. The largest absolute Gasteiger partial charge is 0.377 e. The molecule has 0 unspecified atom stereocenters. The third-order valence-electron chi connectivity index (χ3n) is 2.99. The van der Waals surface area contributed by atoms with Crippen molar-refractivity contribution in [3.05, 3.63) is 0 Å². The normalized spacial score (nSPS) is 43.9. The highest BCUT2D eigenvalue weighted by molar-refractivity contribution is 5.13. The maximum atomic E-state index is 9.97. The molecule has 12 heavy (non-hydrogen) atoms. The van der Waals surface area contributed by atoms with Crippen LogP contribution < -0.4 is 0 Å². The fourth-order valence-corrected chi connectivity index (χ4v) is 1.77. The molecule has 2 heteroatoms.